The van der Waals surface area contributed by atoms with Gasteiger partial charge in [-0.3, -0.25) is 0 Å². The van der Waals surface area contributed by atoms with Crippen LogP contribution in [-0.2, 0) is 10.0 Å². The highest BCUT2D eigenvalue weighted by Crippen LogP contribution is 2.37. The fourth-order valence-corrected chi connectivity index (χ4v) is 6.64. The van der Waals surface area contributed by atoms with Crippen LogP contribution in [0.1, 0.15) is 18.4 Å². The molecule has 1 fully saturated rings. The molecule has 0 amide bonds. The minimum atomic E-state index is -3.43. The highest BCUT2D eigenvalue weighted by atomic mass is 79.9. The summed E-state index contributed by atoms with van der Waals surface area (Å²) in [6, 6.07) is 4.03. The highest BCUT2D eigenvalue weighted by Gasteiger charge is 2.38. The Morgan fingerprint density at radius 3 is 2.50 bits per heavy atom. The first kappa shape index (κ1) is 16.3. The Hall–Kier alpha value is -0.0700. The van der Waals surface area contributed by atoms with Gasteiger partial charge in [0, 0.05) is 13.1 Å². The number of aryl methyl sites for hydroxylation is 1. The van der Waals surface area contributed by atoms with Gasteiger partial charge in [-0.2, -0.15) is 9.57 Å². The Kier molecular flexibility index (Phi) is 4.87. The first-order chi connectivity index (χ1) is 9.34. The normalized spacial score (nSPS) is 19.7. The molecule has 2 rings (SSSR count). The maximum atomic E-state index is 12.6. The fourth-order valence-electron chi connectivity index (χ4n) is 2.14. The second-order valence-corrected chi connectivity index (χ2v) is 10.5. The maximum absolute atomic E-state index is 12.6. The predicted molar refractivity (Wildman–Crippen MR) is 86.6 cm³/mol. The van der Waals surface area contributed by atoms with E-state index < -0.39 is 14.8 Å². The van der Waals surface area contributed by atoms with E-state index >= 15 is 0 Å². The summed E-state index contributed by atoms with van der Waals surface area (Å²) in [7, 11) is -3.43. The summed E-state index contributed by atoms with van der Waals surface area (Å²) >= 11 is 6.13. The van der Waals surface area contributed by atoms with E-state index in [-0.39, 0.29) is 0 Å². The molecule has 1 aliphatic rings. The quantitative estimate of drug-likeness (QED) is 0.789. The average molecular weight is 395 g/mol. The molecule has 0 aliphatic carbocycles. The molecule has 0 radical (unpaired) electrons. The molecule has 4 nitrogen and oxygen atoms in total. The number of nitriles is 1. The topological polar surface area (TPSA) is 61.2 Å². The molecule has 1 aromatic rings. The van der Waals surface area contributed by atoms with Gasteiger partial charge in [-0.15, -0.1) is 23.1 Å². The standard InChI is InChI=1S/C12H15BrN2O2S3/c1-9-7-10(19-11(9)13)20(16,17)15-5-3-12(8-14,18-2)4-6-15/h7H,3-6H2,1-2H3. The summed E-state index contributed by atoms with van der Waals surface area (Å²) in [5, 5.41) is 9.24. The van der Waals surface area contributed by atoms with Crippen molar-refractivity contribution in [2.24, 2.45) is 0 Å². The third-order valence-corrected chi connectivity index (χ3v) is 9.32. The molecule has 1 saturated heterocycles. The van der Waals surface area contributed by atoms with Crippen LogP contribution in [0.2, 0.25) is 0 Å². The first-order valence-electron chi connectivity index (χ1n) is 6.07. The molecule has 0 N–H and O–H groups in total. The average Bonchev–Trinajstić information content (AvgIpc) is 2.79. The lowest BCUT2D eigenvalue weighted by Gasteiger charge is -2.35. The van der Waals surface area contributed by atoms with Crippen LogP contribution in [-0.4, -0.2) is 36.8 Å². The van der Waals surface area contributed by atoms with Crippen LogP contribution < -0.4 is 0 Å². The lowest BCUT2D eigenvalue weighted by atomic mass is 9.99. The monoisotopic (exact) mass is 394 g/mol. The minimum absolute atomic E-state index is 0.371. The van der Waals surface area contributed by atoms with Crippen molar-refractivity contribution in [2.45, 2.75) is 28.7 Å². The molecule has 1 aliphatic heterocycles. The number of thioether (sulfide) groups is 1. The minimum Gasteiger partial charge on any atom is -0.206 e. The number of thiophene rings is 1. The van der Waals surface area contributed by atoms with Crippen molar-refractivity contribution in [1.82, 2.24) is 4.31 Å². The number of hydrogen-bond donors (Lipinski definition) is 0. The van der Waals surface area contributed by atoms with Crippen molar-refractivity contribution in [3.8, 4) is 6.07 Å². The Bertz CT molecular complexity index is 621. The van der Waals surface area contributed by atoms with E-state index in [1.807, 2.05) is 13.2 Å². The summed E-state index contributed by atoms with van der Waals surface area (Å²) in [5.41, 5.74) is 0.932. The molecule has 110 valence electrons. The van der Waals surface area contributed by atoms with Gasteiger partial charge in [0.15, 0.2) is 0 Å². The number of nitrogens with zero attached hydrogens (tertiary/aromatic N) is 2. The molecular formula is C12H15BrN2O2S3. The van der Waals surface area contributed by atoms with Gasteiger partial charge in [-0.05, 0) is 53.6 Å². The van der Waals surface area contributed by atoms with Gasteiger partial charge in [-0.1, -0.05) is 0 Å². The summed E-state index contributed by atoms with van der Waals surface area (Å²) in [6.45, 7) is 2.70. The summed E-state index contributed by atoms with van der Waals surface area (Å²) in [5.74, 6) is 0. The molecule has 0 spiro atoms. The van der Waals surface area contributed by atoms with Crippen molar-refractivity contribution >= 4 is 49.1 Å². The number of hydrogen-bond acceptors (Lipinski definition) is 5. The van der Waals surface area contributed by atoms with Crippen LogP contribution in [0, 0.1) is 18.3 Å². The highest BCUT2D eigenvalue weighted by molar-refractivity contribution is 9.11. The van der Waals surface area contributed by atoms with E-state index in [9.17, 15) is 13.7 Å². The number of piperidine rings is 1. The van der Waals surface area contributed by atoms with Crippen LogP contribution in [0.5, 0.6) is 0 Å². The van der Waals surface area contributed by atoms with E-state index in [1.54, 1.807) is 6.07 Å². The zero-order valence-corrected chi connectivity index (χ0v) is 15.3. The zero-order valence-electron chi connectivity index (χ0n) is 11.2. The molecule has 0 aromatic carbocycles. The number of halogens is 1. The van der Waals surface area contributed by atoms with Crippen LogP contribution in [0.15, 0.2) is 14.1 Å². The molecule has 0 unspecified atom stereocenters. The predicted octanol–water partition coefficient (Wildman–Crippen LogP) is 3.23. The molecule has 8 heteroatoms. The van der Waals surface area contributed by atoms with Crippen LogP contribution in [0.25, 0.3) is 0 Å². The van der Waals surface area contributed by atoms with Crippen molar-refractivity contribution in [3.63, 3.8) is 0 Å². The third kappa shape index (κ3) is 2.92. The second kappa shape index (κ2) is 5.97. The molecule has 0 bridgehead atoms. The maximum Gasteiger partial charge on any atom is 0.252 e. The largest absolute Gasteiger partial charge is 0.252 e. The third-order valence-electron chi connectivity index (χ3n) is 3.55. The molecule has 0 atom stereocenters. The number of rotatable bonds is 3. The molecular weight excluding hydrogens is 380 g/mol. The molecule has 20 heavy (non-hydrogen) atoms. The van der Waals surface area contributed by atoms with Gasteiger partial charge < -0.3 is 0 Å². The Labute approximate surface area is 136 Å². The smallest absolute Gasteiger partial charge is 0.206 e. The van der Waals surface area contributed by atoms with Crippen molar-refractivity contribution < 1.29 is 8.42 Å². The summed E-state index contributed by atoms with van der Waals surface area (Å²) < 4.78 is 27.4. The van der Waals surface area contributed by atoms with Gasteiger partial charge in [0.1, 0.15) is 8.96 Å². The molecule has 2 heterocycles. The van der Waals surface area contributed by atoms with Gasteiger partial charge in [0.05, 0.1) is 9.86 Å². The molecule has 0 saturated carbocycles. The van der Waals surface area contributed by atoms with Gasteiger partial charge >= 0.3 is 0 Å². The van der Waals surface area contributed by atoms with E-state index in [0.717, 1.165) is 9.35 Å². The van der Waals surface area contributed by atoms with Crippen LogP contribution in [0.3, 0.4) is 0 Å². The zero-order chi connectivity index (χ0) is 15.0. The fraction of sp³-hybridized carbons (Fsp3) is 0.583. The van der Waals surface area contributed by atoms with Gasteiger partial charge in [0.2, 0.25) is 0 Å². The van der Waals surface area contributed by atoms with Crippen molar-refractivity contribution in [3.05, 3.63) is 15.4 Å². The van der Waals surface area contributed by atoms with Crippen molar-refractivity contribution in [1.29, 1.82) is 5.26 Å². The second-order valence-electron chi connectivity index (χ2n) is 4.74. The van der Waals surface area contributed by atoms with Gasteiger partial charge in [-0.25, -0.2) is 8.42 Å². The van der Waals surface area contributed by atoms with Gasteiger partial charge in [0.25, 0.3) is 10.0 Å². The van der Waals surface area contributed by atoms with E-state index in [0.29, 0.717) is 30.1 Å². The van der Waals surface area contributed by atoms with Crippen molar-refractivity contribution in [2.75, 3.05) is 19.3 Å². The lowest BCUT2D eigenvalue weighted by Crippen LogP contribution is -2.44. The first-order valence-corrected chi connectivity index (χ1v) is 10.3. The van der Waals surface area contributed by atoms with Crippen LogP contribution in [0.4, 0.5) is 0 Å². The Morgan fingerprint density at radius 1 is 1.50 bits per heavy atom. The molecule has 1 aromatic heterocycles. The summed E-state index contributed by atoms with van der Waals surface area (Å²) in [4.78, 5) is 0. The Morgan fingerprint density at radius 2 is 2.10 bits per heavy atom. The number of sulfonamides is 1. The van der Waals surface area contributed by atoms with E-state index in [1.165, 1.54) is 27.4 Å². The van der Waals surface area contributed by atoms with Crippen LogP contribution >= 0.6 is 39.0 Å². The SMILES string of the molecule is CSC1(C#N)CCN(S(=O)(=O)c2cc(C)c(Br)s2)CC1. The van der Waals surface area contributed by atoms with E-state index in [2.05, 4.69) is 22.0 Å². The Balaban J connectivity index is 2.20. The van der Waals surface area contributed by atoms with E-state index in [4.69, 9.17) is 0 Å². The lowest BCUT2D eigenvalue weighted by molar-refractivity contribution is 0.328. The summed E-state index contributed by atoms with van der Waals surface area (Å²) in [6.07, 6.45) is 3.07.